The molecule has 0 fully saturated rings. The first kappa shape index (κ1) is 18.3. The van der Waals surface area contributed by atoms with E-state index in [9.17, 15) is 13.2 Å². The van der Waals surface area contributed by atoms with Crippen molar-refractivity contribution in [3.8, 4) is 0 Å². The van der Waals surface area contributed by atoms with Crippen LogP contribution in [0.3, 0.4) is 0 Å². The zero-order chi connectivity index (χ0) is 16.0. The van der Waals surface area contributed by atoms with Gasteiger partial charge in [-0.1, -0.05) is 29.8 Å². The molecular formula is C14H20BrF3N2O. The summed E-state index contributed by atoms with van der Waals surface area (Å²) in [6.45, 7) is 2.94. The van der Waals surface area contributed by atoms with E-state index >= 15 is 0 Å². The lowest BCUT2D eigenvalue weighted by Gasteiger charge is -2.28. The Morgan fingerprint density at radius 2 is 2.00 bits per heavy atom. The summed E-state index contributed by atoms with van der Waals surface area (Å²) in [5.41, 5.74) is 1.24. The third-order valence-electron chi connectivity index (χ3n) is 2.82. The van der Waals surface area contributed by atoms with E-state index in [2.05, 4.69) is 21.2 Å². The van der Waals surface area contributed by atoms with E-state index < -0.39 is 12.7 Å². The van der Waals surface area contributed by atoms with Crippen LogP contribution < -0.4 is 10.2 Å². The van der Waals surface area contributed by atoms with Crippen LogP contribution in [0.25, 0.3) is 0 Å². The number of hydrogen-bond acceptors (Lipinski definition) is 3. The fourth-order valence-electron chi connectivity index (χ4n) is 1.94. The predicted octanol–water partition coefficient (Wildman–Crippen LogP) is 3.31. The van der Waals surface area contributed by atoms with Gasteiger partial charge in [0.1, 0.15) is 6.54 Å². The van der Waals surface area contributed by atoms with Crippen LogP contribution in [-0.2, 0) is 6.54 Å². The van der Waals surface area contributed by atoms with Gasteiger partial charge in [-0.05, 0) is 23.8 Å². The Morgan fingerprint density at radius 1 is 1.33 bits per heavy atom. The van der Waals surface area contributed by atoms with E-state index in [1.807, 2.05) is 13.8 Å². The van der Waals surface area contributed by atoms with Crippen molar-refractivity contribution in [2.24, 2.45) is 0 Å². The summed E-state index contributed by atoms with van der Waals surface area (Å²) < 4.78 is 38.9. The van der Waals surface area contributed by atoms with E-state index in [0.29, 0.717) is 12.2 Å². The van der Waals surface area contributed by atoms with Crippen LogP contribution in [-0.4, -0.2) is 37.0 Å². The molecule has 3 nitrogen and oxygen atoms in total. The number of benzene rings is 1. The highest BCUT2D eigenvalue weighted by Crippen LogP contribution is 2.28. The molecule has 0 saturated heterocycles. The standard InChI is InChI=1S/C14H20BrF3N2O/c1-10(2)19-8-11-7-12(15)3-4-13(11)20(5-6-21)9-14(16,17)18/h3-4,7,10,19,21H,5-6,8-9H2,1-2H3. The summed E-state index contributed by atoms with van der Waals surface area (Å²) in [4.78, 5) is 1.16. The molecule has 0 atom stereocenters. The summed E-state index contributed by atoms with van der Waals surface area (Å²) in [6, 6.07) is 5.37. The first-order chi connectivity index (χ1) is 9.73. The average Bonchev–Trinajstić information content (AvgIpc) is 2.34. The molecule has 1 aromatic carbocycles. The smallest absolute Gasteiger partial charge is 0.395 e. The molecule has 120 valence electrons. The first-order valence-corrected chi connectivity index (χ1v) is 7.46. The minimum absolute atomic E-state index is 0.0597. The van der Waals surface area contributed by atoms with Crippen molar-refractivity contribution >= 4 is 21.6 Å². The Morgan fingerprint density at radius 3 is 2.52 bits per heavy atom. The van der Waals surface area contributed by atoms with Gasteiger partial charge in [0, 0.05) is 29.3 Å². The Balaban J connectivity index is 3.05. The molecule has 1 rings (SSSR count). The van der Waals surface area contributed by atoms with Crippen molar-refractivity contribution < 1.29 is 18.3 Å². The molecule has 0 aliphatic carbocycles. The van der Waals surface area contributed by atoms with Crippen LogP contribution >= 0.6 is 15.9 Å². The Kier molecular flexibility index (Phi) is 6.96. The van der Waals surface area contributed by atoms with Gasteiger partial charge in [-0.15, -0.1) is 0 Å². The number of nitrogens with one attached hydrogen (secondary N) is 1. The lowest BCUT2D eigenvalue weighted by atomic mass is 10.1. The molecule has 0 unspecified atom stereocenters. The normalized spacial score (nSPS) is 12.0. The summed E-state index contributed by atoms with van der Waals surface area (Å²) in [6.07, 6.45) is -4.31. The minimum atomic E-state index is -4.31. The minimum Gasteiger partial charge on any atom is -0.395 e. The number of rotatable bonds is 7. The second-order valence-corrected chi connectivity index (χ2v) is 5.98. The highest BCUT2D eigenvalue weighted by atomic mass is 79.9. The largest absolute Gasteiger partial charge is 0.405 e. The number of nitrogens with zero attached hydrogens (tertiary/aromatic N) is 1. The van der Waals surface area contributed by atoms with Crippen LogP contribution in [0.2, 0.25) is 0 Å². The average molecular weight is 369 g/mol. The molecule has 0 aliphatic rings. The molecule has 0 amide bonds. The lowest BCUT2D eigenvalue weighted by molar-refractivity contribution is -0.119. The second-order valence-electron chi connectivity index (χ2n) is 5.07. The van der Waals surface area contributed by atoms with Gasteiger partial charge in [-0.2, -0.15) is 13.2 Å². The molecule has 0 spiro atoms. The molecule has 0 aliphatic heterocycles. The summed E-state index contributed by atoms with van der Waals surface area (Å²) in [5, 5.41) is 12.2. The SMILES string of the molecule is CC(C)NCc1cc(Br)ccc1N(CCO)CC(F)(F)F. The predicted molar refractivity (Wildman–Crippen MR) is 81.5 cm³/mol. The lowest BCUT2D eigenvalue weighted by Crippen LogP contribution is -2.37. The van der Waals surface area contributed by atoms with Crippen molar-refractivity contribution in [3.05, 3.63) is 28.2 Å². The van der Waals surface area contributed by atoms with Crippen LogP contribution in [0.1, 0.15) is 19.4 Å². The number of aliphatic hydroxyl groups excluding tert-OH is 1. The van der Waals surface area contributed by atoms with Crippen molar-refractivity contribution in [3.63, 3.8) is 0 Å². The van der Waals surface area contributed by atoms with Gasteiger partial charge >= 0.3 is 6.18 Å². The van der Waals surface area contributed by atoms with Crippen LogP contribution in [0, 0.1) is 0 Å². The number of alkyl halides is 3. The van der Waals surface area contributed by atoms with Gasteiger partial charge in [0.2, 0.25) is 0 Å². The molecule has 0 aromatic heterocycles. The van der Waals surface area contributed by atoms with Crippen molar-refractivity contribution in [1.29, 1.82) is 0 Å². The molecule has 0 radical (unpaired) electrons. The van der Waals surface area contributed by atoms with Gasteiger partial charge in [-0.3, -0.25) is 0 Å². The maximum atomic E-state index is 12.7. The summed E-state index contributed by atoms with van der Waals surface area (Å²) in [7, 11) is 0. The van der Waals surface area contributed by atoms with Crippen molar-refractivity contribution in [2.45, 2.75) is 32.6 Å². The molecule has 0 saturated carbocycles. The highest BCUT2D eigenvalue weighted by Gasteiger charge is 2.31. The molecular weight excluding hydrogens is 349 g/mol. The third-order valence-corrected chi connectivity index (χ3v) is 3.32. The van der Waals surface area contributed by atoms with E-state index in [4.69, 9.17) is 5.11 Å². The number of halogens is 4. The maximum Gasteiger partial charge on any atom is 0.405 e. The Hall–Kier alpha value is -0.790. The zero-order valence-corrected chi connectivity index (χ0v) is 13.6. The molecule has 2 N–H and O–H groups in total. The van der Waals surface area contributed by atoms with E-state index in [-0.39, 0.29) is 19.2 Å². The number of anilines is 1. The first-order valence-electron chi connectivity index (χ1n) is 6.67. The fraction of sp³-hybridized carbons (Fsp3) is 0.571. The van der Waals surface area contributed by atoms with Crippen molar-refractivity contribution in [1.82, 2.24) is 5.32 Å². The summed E-state index contributed by atoms with van der Waals surface area (Å²) >= 11 is 3.33. The Bertz CT molecular complexity index is 452. The van der Waals surface area contributed by atoms with E-state index in [0.717, 1.165) is 14.9 Å². The monoisotopic (exact) mass is 368 g/mol. The van der Waals surface area contributed by atoms with Gasteiger partial charge in [0.15, 0.2) is 0 Å². The second kappa shape index (κ2) is 8.00. The highest BCUT2D eigenvalue weighted by molar-refractivity contribution is 9.10. The number of hydrogen-bond donors (Lipinski definition) is 2. The van der Waals surface area contributed by atoms with Crippen molar-refractivity contribution in [2.75, 3.05) is 24.6 Å². The molecule has 7 heteroatoms. The van der Waals surface area contributed by atoms with Gasteiger partial charge in [0.05, 0.1) is 6.61 Å². The van der Waals surface area contributed by atoms with Gasteiger partial charge < -0.3 is 15.3 Å². The van der Waals surface area contributed by atoms with Crippen LogP contribution in [0.4, 0.5) is 18.9 Å². The maximum absolute atomic E-state index is 12.7. The Labute approximate surface area is 131 Å². The molecule has 21 heavy (non-hydrogen) atoms. The van der Waals surface area contributed by atoms with Gasteiger partial charge in [-0.25, -0.2) is 0 Å². The quantitative estimate of drug-likeness (QED) is 0.774. The zero-order valence-electron chi connectivity index (χ0n) is 12.0. The van der Waals surface area contributed by atoms with E-state index in [1.54, 1.807) is 18.2 Å². The van der Waals surface area contributed by atoms with E-state index in [1.165, 1.54) is 0 Å². The van der Waals surface area contributed by atoms with Crippen LogP contribution in [0.15, 0.2) is 22.7 Å². The summed E-state index contributed by atoms with van der Waals surface area (Å²) in [5.74, 6) is 0. The van der Waals surface area contributed by atoms with Gasteiger partial charge in [0.25, 0.3) is 0 Å². The fourth-order valence-corrected chi connectivity index (χ4v) is 2.35. The third kappa shape index (κ3) is 6.67. The number of aliphatic hydroxyl groups is 1. The topological polar surface area (TPSA) is 35.5 Å². The molecule has 1 aromatic rings. The molecule has 0 bridgehead atoms. The van der Waals surface area contributed by atoms with Crippen LogP contribution in [0.5, 0.6) is 0 Å². The molecule has 0 heterocycles.